The summed E-state index contributed by atoms with van der Waals surface area (Å²) in [4.78, 5) is 25.6. The first-order valence-corrected chi connectivity index (χ1v) is 7.41. The lowest BCUT2D eigenvalue weighted by Gasteiger charge is -2.28. The molecule has 1 unspecified atom stereocenters. The number of hydrogen-bond acceptors (Lipinski definition) is 2. The van der Waals surface area contributed by atoms with E-state index in [1.165, 1.54) is 6.07 Å². The van der Waals surface area contributed by atoms with Gasteiger partial charge in [0.2, 0.25) is 0 Å². The molecule has 2 amide bonds. The summed E-state index contributed by atoms with van der Waals surface area (Å²) in [7, 11) is 0. The highest BCUT2D eigenvalue weighted by Crippen LogP contribution is 2.23. The molecule has 2 N–H and O–H groups in total. The zero-order chi connectivity index (χ0) is 15.4. The summed E-state index contributed by atoms with van der Waals surface area (Å²) < 4.78 is 0. The Morgan fingerprint density at radius 2 is 2.05 bits per heavy atom. The number of aryl methyl sites for hydroxylation is 1. The van der Waals surface area contributed by atoms with Crippen molar-refractivity contribution in [2.45, 2.75) is 45.6 Å². The van der Waals surface area contributed by atoms with E-state index < -0.39 is 5.97 Å². The van der Waals surface area contributed by atoms with Crippen LogP contribution in [0.3, 0.4) is 0 Å². The number of urea groups is 1. The third-order valence-corrected chi connectivity index (χ3v) is 4.05. The molecule has 21 heavy (non-hydrogen) atoms. The third-order valence-electron chi connectivity index (χ3n) is 4.05. The normalized spacial score (nSPS) is 19.0. The molecule has 5 heteroatoms. The molecule has 0 aromatic heterocycles. The first-order valence-electron chi connectivity index (χ1n) is 7.41. The number of amides is 2. The maximum absolute atomic E-state index is 12.5. The second kappa shape index (κ2) is 6.61. The van der Waals surface area contributed by atoms with Crippen molar-refractivity contribution in [1.29, 1.82) is 0 Å². The summed E-state index contributed by atoms with van der Waals surface area (Å²) >= 11 is 0. The topological polar surface area (TPSA) is 69.6 Å². The van der Waals surface area contributed by atoms with E-state index in [-0.39, 0.29) is 17.6 Å². The van der Waals surface area contributed by atoms with Gasteiger partial charge in [-0.15, -0.1) is 0 Å². The molecule has 0 bridgehead atoms. The molecule has 114 valence electrons. The van der Waals surface area contributed by atoms with Crippen molar-refractivity contribution in [1.82, 2.24) is 4.90 Å². The third kappa shape index (κ3) is 3.54. The molecule has 0 radical (unpaired) electrons. The van der Waals surface area contributed by atoms with E-state index in [1.54, 1.807) is 19.1 Å². The molecule has 0 spiro atoms. The fourth-order valence-corrected chi connectivity index (χ4v) is 2.77. The van der Waals surface area contributed by atoms with E-state index in [2.05, 4.69) is 5.32 Å². The van der Waals surface area contributed by atoms with Crippen molar-refractivity contribution >= 4 is 17.7 Å². The molecule has 1 fully saturated rings. The average molecular weight is 290 g/mol. The van der Waals surface area contributed by atoms with Crippen LogP contribution in [0.25, 0.3) is 0 Å². The van der Waals surface area contributed by atoms with E-state index in [9.17, 15) is 14.7 Å². The maximum atomic E-state index is 12.5. The Bertz CT molecular complexity index is 542. The van der Waals surface area contributed by atoms with Crippen molar-refractivity contribution in [3.8, 4) is 0 Å². The molecule has 1 aliphatic heterocycles. The summed E-state index contributed by atoms with van der Waals surface area (Å²) in [5.74, 6) is -1.03. The van der Waals surface area contributed by atoms with Crippen LogP contribution < -0.4 is 5.32 Å². The molecule has 2 rings (SSSR count). The molecule has 0 saturated carbocycles. The van der Waals surface area contributed by atoms with Gasteiger partial charge < -0.3 is 15.3 Å². The van der Waals surface area contributed by atoms with E-state index in [1.807, 2.05) is 11.8 Å². The quantitative estimate of drug-likeness (QED) is 0.876. The molecular formula is C16H22N2O3. The molecule has 5 nitrogen and oxygen atoms in total. The number of carbonyl (C=O) groups excluding carboxylic acids is 1. The number of rotatable bonds is 2. The molecule has 1 atom stereocenters. The van der Waals surface area contributed by atoms with E-state index in [4.69, 9.17) is 0 Å². The zero-order valence-electron chi connectivity index (χ0n) is 12.6. The maximum Gasteiger partial charge on any atom is 0.337 e. The van der Waals surface area contributed by atoms with E-state index in [0.29, 0.717) is 5.69 Å². The minimum atomic E-state index is -1.03. The van der Waals surface area contributed by atoms with E-state index in [0.717, 1.165) is 37.8 Å². The number of carboxylic acids is 1. The lowest BCUT2D eigenvalue weighted by molar-refractivity contribution is 0.0698. The number of para-hydroxylation sites is 1. The van der Waals surface area contributed by atoms with Gasteiger partial charge >= 0.3 is 12.0 Å². The summed E-state index contributed by atoms with van der Waals surface area (Å²) in [5.41, 5.74) is 1.28. The number of hydrogen-bond donors (Lipinski definition) is 2. The van der Waals surface area contributed by atoms with Crippen LogP contribution in [-0.4, -0.2) is 34.6 Å². The predicted octanol–water partition coefficient (Wildman–Crippen LogP) is 3.49. The SMILES string of the molecule is Cc1cccc(C(=O)O)c1NC(=O)N1CCCCCC1C. The van der Waals surface area contributed by atoms with Gasteiger partial charge in [0.15, 0.2) is 0 Å². The second-order valence-electron chi connectivity index (χ2n) is 5.62. The lowest BCUT2D eigenvalue weighted by atomic mass is 10.1. The van der Waals surface area contributed by atoms with Crippen LogP contribution in [0.15, 0.2) is 18.2 Å². The Morgan fingerprint density at radius 1 is 1.29 bits per heavy atom. The number of nitrogens with zero attached hydrogens (tertiary/aromatic N) is 1. The molecular weight excluding hydrogens is 268 g/mol. The van der Waals surface area contributed by atoms with Gasteiger partial charge in [-0.25, -0.2) is 9.59 Å². The van der Waals surface area contributed by atoms with Gasteiger partial charge in [-0.2, -0.15) is 0 Å². The van der Waals surface area contributed by atoms with Crippen LogP contribution in [0.1, 0.15) is 48.5 Å². The minimum Gasteiger partial charge on any atom is -0.478 e. The van der Waals surface area contributed by atoms with Gasteiger partial charge in [0, 0.05) is 12.6 Å². The summed E-state index contributed by atoms with van der Waals surface area (Å²) in [6.45, 7) is 4.57. The molecule has 1 saturated heterocycles. The highest BCUT2D eigenvalue weighted by molar-refractivity contribution is 6.01. The number of anilines is 1. The van der Waals surface area contributed by atoms with Crippen molar-refractivity contribution in [2.24, 2.45) is 0 Å². The average Bonchev–Trinajstić information content (AvgIpc) is 2.65. The Hall–Kier alpha value is -2.04. The van der Waals surface area contributed by atoms with Gasteiger partial charge in [-0.05, 0) is 38.3 Å². The fraction of sp³-hybridized carbons (Fsp3) is 0.500. The Kier molecular flexibility index (Phi) is 4.83. The van der Waals surface area contributed by atoms with Crippen molar-refractivity contribution < 1.29 is 14.7 Å². The van der Waals surface area contributed by atoms with Gasteiger partial charge in [-0.1, -0.05) is 25.0 Å². The molecule has 0 aliphatic carbocycles. The van der Waals surface area contributed by atoms with Gasteiger partial charge in [0.1, 0.15) is 0 Å². The monoisotopic (exact) mass is 290 g/mol. The number of carboxylic acid groups (broad SMARTS) is 1. The first kappa shape index (κ1) is 15.4. The smallest absolute Gasteiger partial charge is 0.337 e. The molecule has 1 aromatic rings. The largest absolute Gasteiger partial charge is 0.478 e. The summed E-state index contributed by atoms with van der Waals surface area (Å²) in [5, 5.41) is 12.0. The molecule has 1 aliphatic rings. The number of aromatic carboxylic acids is 1. The van der Waals surface area contributed by atoms with Crippen LogP contribution >= 0.6 is 0 Å². The minimum absolute atomic E-state index is 0.130. The zero-order valence-corrected chi connectivity index (χ0v) is 12.6. The number of benzene rings is 1. The van der Waals surface area contributed by atoms with Crippen LogP contribution in [0.2, 0.25) is 0 Å². The molecule has 1 aromatic carbocycles. The van der Waals surface area contributed by atoms with Gasteiger partial charge in [0.25, 0.3) is 0 Å². The highest BCUT2D eigenvalue weighted by atomic mass is 16.4. The Balaban J connectivity index is 2.21. The van der Waals surface area contributed by atoms with Crippen LogP contribution in [0.5, 0.6) is 0 Å². The second-order valence-corrected chi connectivity index (χ2v) is 5.62. The van der Waals surface area contributed by atoms with Crippen LogP contribution in [-0.2, 0) is 0 Å². The van der Waals surface area contributed by atoms with Crippen LogP contribution in [0, 0.1) is 6.92 Å². The number of nitrogens with one attached hydrogen (secondary N) is 1. The van der Waals surface area contributed by atoms with Crippen LogP contribution in [0.4, 0.5) is 10.5 Å². The standard InChI is InChI=1S/C16H22N2O3/c1-11-7-6-9-13(15(19)20)14(11)17-16(21)18-10-5-3-4-8-12(18)2/h6-7,9,12H,3-5,8,10H2,1-2H3,(H,17,21)(H,19,20). The Labute approximate surface area is 125 Å². The van der Waals surface area contributed by atoms with E-state index >= 15 is 0 Å². The van der Waals surface area contributed by atoms with Gasteiger partial charge in [-0.3, -0.25) is 0 Å². The van der Waals surface area contributed by atoms with Crippen molar-refractivity contribution in [3.63, 3.8) is 0 Å². The highest BCUT2D eigenvalue weighted by Gasteiger charge is 2.23. The molecule has 1 heterocycles. The predicted molar refractivity (Wildman–Crippen MR) is 81.8 cm³/mol. The number of likely N-dealkylation sites (tertiary alicyclic amines) is 1. The summed E-state index contributed by atoms with van der Waals surface area (Å²) in [6, 6.07) is 4.97. The number of carbonyl (C=O) groups is 2. The fourth-order valence-electron chi connectivity index (χ4n) is 2.77. The van der Waals surface area contributed by atoms with Crippen molar-refractivity contribution in [2.75, 3.05) is 11.9 Å². The summed E-state index contributed by atoms with van der Waals surface area (Å²) in [6.07, 6.45) is 4.26. The first-order chi connectivity index (χ1) is 10.0. The Morgan fingerprint density at radius 3 is 2.76 bits per heavy atom. The van der Waals surface area contributed by atoms with Crippen molar-refractivity contribution in [3.05, 3.63) is 29.3 Å². The van der Waals surface area contributed by atoms with Gasteiger partial charge in [0.05, 0.1) is 11.3 Å². The lowest BCUT2D eigenvalue weighted by Crippen LogP contribution is -2.41.